The Morgan fingerprint density at radius 1 is 1.22 bits per heavy atom. The summed E-state index contributed by atoms with van der Waals surface area (Å²) in [6.07, 6.45) is 9.34. The van der Waals surface area contributed by atoms with Crippen LogP contribution in [0.3, 0.4) is 0 Å². The summed E-state index contributed by atoms with van der Waals surface area (Å²) in [6.45, 7) is 0.907. The molecule has 3 unspecified atom stereocenters. The van der Waals surface area contributed by atoms with Crippen LogP contribution >= 0.6 is 0 Å². The zero-order chi connectivity index (χ0) is 15.6. The van der Waals surface area contributed by atoms with E-state index >= 15 is 0 Å². The lowest BCUT2D eigenvalue weighted by Crippen LogP contribution is -2.42. The first-order valence-corrected chi connectivity index (χ1v) is 8.27. The molecular formula is C17H22N6. The third-order valence-electron chi connectivity index (χ3n) is 4.95. The van der Waals surface area contributed by atoms with Crippen molar-refractivity contribution in [1.29, 1.82) is 0 Å². The van der Waals surface area contributed by atoms with Crippen molar-refractivity contribution in [3.8, 4) is 11.3 Å². The summed E-state index contributed by atoms with van der Waals surface area (Å²) >= 11 is 0. The molecular weight excluding hydrogens is 288 g/mol. The summed E-state index contributed by atoms with van der Waals surface area (Å²) < 4.78 is 0. The van der Waals surface area contributed by atoms with Gasteiger partial charge in [0.2, 0.25) is 5.95 Å². The Balaban J connectivity index is 1.49. The SMILES string of the molecule is CN(CC1NNC2CCCC21)c1nccc(-c2cccnc2)n1. The fourth-order valence-electron chi connectivity index (χ4n) is 3.74. The van der Waals surface area contributed by atoms with Crippen molar-refractivity contribution < 1.29 is 0 Å². The smallest absolute Gasteiger partial charge is 0.225 e. The number of hydrogen-bond donors (Lipinski definition) is 2. The Bertz CT molecular complexity index is 661. The molecule has 1 aliphatic heterocycles. The molecule has 1 aliphatic carbocycles. The number of aromatic nitrogens is 3. The van der Waals surface area contributed by atoms with E-state index in [1.165, 1.54) is 19.3 Å². The third kappa shape index (κ3) is 2.92. The lowest BCUT2D eigenvalue weighted by molar-refractivity contribution is 0.444. The molecule has 3 heterocycles. The molecule has 0 spiro atoms. The average Bonchev–Trinajstić information content (AvgIpc) is 3.21. The van der Waals surface area contributed by atoms with Gasteiger partial charge in [0.05, 0.1) is 5.69 Å². The van der Waals surface area contributed by atoms with Crippen LogP contribution in [-0.4, -0.2) is 40.6 Å². The van der Waals surface area contributed by atoms with E-state index in [9.17, 15) is 0 Å². The molecule has 4 rings (SSSR count). The molecule has 23 heavy (non-hydrogen) atoms. The Morgan fingerprint density at radius 2 is 2.17 bits per heavy atom. The molecule has 120 valence electrons. The van der Waals surface area contributed by atoms with Crippen LogP contribution in [0.15, 0.2) is 36.8 Å². The van der Waals surface area contributed by atoms with Crippen LogP contribution in [-0.2, 0) is 0 Å². The molecule has 2 N–H and O–H groups in total. The molecule has 0 bridgehead atoms. The number of likely N-dealkylation sites (N-methyl/N-ethyl adjacent to an activating group) is 1. The van der Waals surface area contributed by atoms with Crippen LogP contribution in [0, 0.1) is 5.92 Å². The Hall–Kier alpha value is -2.05. The summed E-state index contributed by atoms with van der Waals surface area (Å²) in [6, 6.07) is 6.96. The average molecular weight is 310 g/mol. The van der Waals surface area contributed by atoms with Crippen molar-refractivity contribution in [2.75, 3.05) is 18.5 Å². The quantitative estimate of drug-likeness (QED) is 0.894. The van der Waals surface area contributed by atoms with E-state index < -0.39 is 0 Å². The number of anilines is 1. The van der Waals surface area contributed by atoms with Gasteiger partial charge in [-0.2, -0.15) is 0 Å². The van der Waals surface area contributed by atoms with Crippen molar-refractivity contribution >= 4 is 5.95 Å². The second kappa shape index (κ2) is 6.22. The molecule has 6 heteroatoms. The van der Waals surface area contributed by atoms with E-state index in [1.54, 1.807) is 6.20 Å². The summed E-state index contributed by atoms with van der Waals surface area (Å²) in [5.41, 5.74) is 8.81. The minimum Gasteiger partial charge on any atom is -0.342 e. The highest BCUT2D eigenvalue weighted by molar-refractivity contribution is 5.58. The molecule has 2 aromatic heterocycles. The lowest BCUT2D eigenvalue weighted by atomic mass is 9.97. The van der Waals surface area contributed by atoms with Crippen molar-refractivity contribution in [3.63, 3.8) is 0 Å². The minimum atomic E-state index is 0.457. The predicted octanol–water partition coefficient (Wildman–Crippen LogP) is 1.62. The van der Waals surface area contributed by atoms with Gasteiger partial charge < -0.3 is 4.90 Å². The molecule has 2 aromatic rings. The zero-order valence-corrected chi connectivity index (χ0v) is 13.3. The van der Waals surface area contributed by atoms with Gasteiger partial charge in [-0.3, -0.25) is 15.8 Å². The zero-order valence-electron chi connectivity index (χ0n) is 13.3. The number of rotatable bonds is 4. The first kappa shape index (κ1) is 14.5. The monoisotopic (exact) mass is 310 g/mol. The Labute approximate surface area is 136 Å². The maximum absolute atomic E-state index is 4.70. The molecule has 0 radical (unpaired) electrons. The van der Waals surface area contributed by atoms with Crippen LogP contribution < -0.4 is 15.8 Å². The van der Waals surface area contributed by atoms with E-state index in [2.05, 4.69) is 32.8 Å². The molecule has 3 atom stereocenters. The summed E-state index contributed by atoms with van der Waals surface area (Å²) in [7, 11) is 2.06. The molecule has 2 aliphatic rings. The van der Waals surface area contributed by atoms with E-state index in [4.69, 9.17) is 4.98 Å². The van der Waals surface area contributed by atoms with Crippen LogP contribution in [0.25, 0.3) is 11.3 Å². The fourth-order valence-corrected chi connectivity index (χ4v) is 3.74. The highest BCUT2D eigenvalue weighted by Gasteiger charge is 2.39. The summed E-state index contributed by atoms with van der Waals surface area (Å²) in [5, 5.41) is 0. The van der Waals surface area contributed by atoms with Crippen LogP contribution in [0.4, 0.5) is 5.95 Å². The predicted molar refractivity (Wildman–Crippen MR) is 89.7 cm³/mol. The van der Waals surface area contributed by atoms with Gasteiger partial charge in [0.1, 0.15) is 0 Å². The first-order valence-electron chi connectivity index (χ1n) is 8.27. The fraction of sp³-hybridized carbons (Fsp3) is 0.471. The van der Waals surface area contributed by atoms with Crippen molar-refractivity contribution in [1.82, 2.24) is 25.8 Å². The summed E-state index contributed by atoms with van der Waals surface area (Å²) in [4.78, 5) is 15.4. The number of hydrogen-bond acceptors (Lipinski definition) is 6. The van der Waals surface area contributed by atoms with E-state index in [-0.39, 0.29) is 0 Å². The number of fused-ring (bicyclic) bond motifs is 1. The van der Waals surface area contributed by atoms with Crippen molar-refractivity contribution in [2.24, 2.45) is 5.92 Å². The first-order chi connectivity index (χ1) is 11.3. The molecule has 1 saturated carbocycles. The maximum atomic E-state index is 4.70. The van der Waals surface area contributed by atoms with E-state index in [0.29, 0.717) is 12.1 Å². The highest BCUT2D eigenvalue weighted by Crippen LogP contribution is 2.32. The standard InChI is InChI=1S/C17H22N6/c1-23(11-16-13-5-2-6-15(13)21-22-16)17-19-9-7-14(20-17)12-4-3-8-18-10-12/h3-4,7-10,13,15-16,21-22H,2,5-6,11H2,1H3. The summed E-state index contributed by atoms with van der Waals surface area (Å²) in [5.74, 6) is 1.48. The second-order valence-electron chi connectivity index (χ2n) is 6.46. The highest BCUT2D eigenvalue weighted by atomic mass is 15.4. The largest absolute Gasteiger partial charge is 0.342 e. The molecule has 2 fully saturated rings. The lowest BCUT2D eigenvalue weighted by Gasteiger charge is -2.24. The Kier molecular flexibility index (Phi) is 3.93. The van der Waals surface area contributed by atoms with Crippen LogP contribution in [0.2, 0.25) is 0 Å². The maximum Gasteiger partial charge on any atom is 0.225 e. The van der Waals surface area contributed by atoms with Crippen molar-refractivity contribution in [2.45, 2.75) is 31.3 Å². The molecule has 1 saturated heterocycles. The van der Waals surface area contributed by atoms with Gasteiger partial charge in [-0.15, -0.1) is 0 Å². The van der Waals surface area contributed by atoms with Gasteiger partial charge in [-0.25, -0.2) is 9.97 Å². The molecule has 6 nitrogen and oxygen atoms in total. The van der Waals surface area contributed by atoms with Crippen molar-refractivity contribution in [3.05, 3.63) is 36.8 Å². The minimum absolute atomic E-state index is 0.457. The van der Waals surface area contributed by atoms with Gasteiger partial charge in [-0.1, -0.05) is 6.42 Å². The normalized spacial score (nSPS) is 26.2. The van der Waals surface area contributed by atoms with Gasteiger partial charge in [0.15, 0.2) is 0 Å². The van der Waals surface area contributed by atoms with Gasteiger partial charge in [-0.05, 0) is 37.0 Å². The second-order valence-corrected chi connectivity index (χ2v) is 6.46. The van der Waals surface area contributed by atoms with Gasteiger partial charge >= 0.3 is 0 Å². The molecule has 0 aromatic carbocycles. The van der Waals surface area contributed by atoms with Gasteiger partial charge in [0.25, 0.3) is 0 Å². The Morgan fingerprint density at radius 3 is 3.04 bits per heavy atom. The number of nitrogens with one attached hydrogen (secondary N) is 2. The molecule has 0 amide bonds. The number of nitrogens with zero attached hydrogens (tertiary/aromatic N) is 4. The number of hydrazine groups is 1. The van der Waals surface area contributed by atoms with Crippen LogP contribution in [0.1, 0.15) is 19.3 Å². The number of pyridine rings is 1. The van der Waals surface area contributed by atoms with Gasteiger partial charge in [0, 0.05) is 49.8 Å². The van der Waals surface area contributed by atoms with E-state index in [0.717, 1.165) is 29.7 Å². The van der Waals surface area contributed by atoms with E-state index in [1.807, 2.05) is 30.6 Å². The third-order valence-corrected chi connectivity index (χ3v) is 4.95. The topological polar surface area (TPSA) is 66.0 Å². The van der Waals surface area contributed by atoms with Crippen LogP contribution in [0.5, 0.6) is 0 Å².